The van der Waals surface area contributed by atoms with Crippen LogP contribution in [0.4, 0.5) is 15.8 Å². The van der Waals surface area contributed by atoms with Gasteiger partial charge in [0.2, 0.25) is 11.7 Å². The lowest BCUT2D eigenvalue weighted by Gasteiger charge is -2.12. The zero-order valence-electron chi connectivity index (χ0n) is 19.4. The Morgan fingerprint density at radius 3 is 2.60 bits per heavy atom. The molecule has 178 valence electrons. The Hall–Kier alpha value is -4.46. The molecule has 0 fully saturated rings. The van der Waals surface area contributed by atoms with Gasteiger partial charge >= 0.3 is 5.69 Å². The van der Waals surface area contributed by atoms with Crippen LogP contribution in [0.5, 0.6) is 5.75 Å². The number of nitro groups is 1. The van der Waals surface area contributed by atoms with Crippen molar-refractivity contribution in [3.63, 3.8) is 0 Å². The number of benzene rings is 3. The number of carbonyl (C=O) groups excluding carboxylic acids is 1. The molecule has 0 spiro atoms. The second kappa shape index (κ2) is 9.80. The van der Waals surface area contributed by atoms with Gasteiger partial charge in [-0.05, 0) is 50.1 Å². The van der Waals surface area contributed by atoms with Gasteiger partial charge in [0.05, 0.1) is 17.8 Å². The van der Waals surface area contributed by atoms with Crippen LogP contribution in [0.25, 0.3) is 27.7 Å². The summed E-state index contributed by atoms with van der Waals surface area (Å²) in [7, 11) is 0. The third-order valence-electron chi connectivity index (χ3n) is 5.52. The van der Waals surface area contributed by atoms with Crippen molar-refractivity contribution < 1.29 is 23.3 Å². The number of hydrogen-bond acceptors (Lipinski definition) is 5. The second-order valence-electron chi connectivity index (χ2n) is 8.03. The number of rotatable bonds is 7. The molecule has 0 saturated heterocycles. The molecule has 1 heterocycles. The molecule has 0 bridgehead atoms. The van der Waals surface area contributed by atoms with Crippen molar-refractivity contribution in [3.8, 4) is 16.9 Å². The molecule has 0 atom stereocenters. The van der Waals surface area contributed by atoms with Gasteiger partial charge in [-0.15, -0.1) is 0 Å². The summed E-state index contributed by atoms with van der Waals surface area (Å²) in [5.41, 5.74) is 4.44. The summed E-state index contributed by atoms with van der Waals surface area (Å²) in [6, 6.07) is 15.0. The Balaban J connectivity index is 1.70. The highest BCUT2D eigenvalue weighted by molar-refractivity contribution is 6.05. The van der Waals surface area contributed by atoms with E-state index in [4.69, 9.17) is 9.15 Å². The normalized spacial score (nSPS) is 11.5. The molecule has 0 saturated carbocycles. The van der Waals surface area contributed by atoms with Gasteiger partial charge < -0.3 is 14.5 Å². The quantitative estimate of drug-likeness (QED) is 0.179. The van der Waals surface area contributed by atoms with Gasteiger partial charge in [0.1, 0.15) is 11.3 Å². The molecule has 0 unspecified atom stereocenters. The van der Waals surface area contributed by atoms with Crippen molar-refractivity contribution in [2.45, 2.75) is 20.8 Å². The first-order valence-electron chi connectivity index (χ1n) is 11.0. The number of halogens is 1. The molecule has 8 heteroatoms. The van der Waals surface area contributed by atoms with Crippen LogP contribution in [-0.4, -0.2) is 17.4 Å². The van der Waals surface area contributed by atoms with Crippen LogP contribution in [0.2, 0.25) is 0 Å². The second-order valence-corrected chi connectivity index (χ2v) is 8.03. The predicted octanol–water partition coefficient (Wildman–Crippen LogP) is 6.90. The van der Waals surface area contributed by atoms with Crippen molar-refractivity contribution >= 4 is 33.8 Å². The molecule has 4 rings (SSSR count). The highest BCUT2D eigenvalue weighted by atomic mass is 19.1. The predicted molar refractivity (Wildman–Crippen MR) is 133 cm³/mol. The Morgan fingerprint density at radius 1 is 1.17 bits per heavy atom. The number of aryl methyl sites for hydroxylation is 1. The van der Waals surface area contributed by atoms with E-state index in [2.05, 4.69) is 5.32 Å². The number of anilines is 1. The summed E-state index contributed by atoms with van der Waals surface area (Å²) in [5, 5.41) is 14.4. The maximum absolute atomic E-state index is 13.6. The molecular formula is C27H23FN2O5. The van der Waals surface area contributed by atoms with Crippen LogP contribution in [0.1, 0.15) is 25.0 Å². The molecule has 0 aliphatic rings. The number of furan rings is 1. The van der Waals surface area contributed by atoms with Gasteiger partial charge in [0, 0.05) is 40.4 Å². The summed E-state index contributed by atoms with van der Waals surface area (Å²) in [4.78, 5) is 22.8. The molecule has 3 aromatic carbocycles. The highest BCUT2D eigenvalue weighted by Gasteiger charge is 2.17. The van der Waals surface area contributed by atoms with Crippen LogP contribution >= 0.6 is 0 Å². The van der Waals surface area contributed by atoms with E-state index in [-0.39, 0.29) is 5.69 Å². The number of amides is 1. The first kappa shape index (κ1) is 23.7. The fraction of sp³-hybridized carbons (Fsp3) is 0.148. The van der Waals surface area contributed by atoms with Crippen LogP contribution in [0, 0.1) is 22.9 Å². The van der Waals surface area contributed by atoms with Gasteiger partial charge in [-0.25, -0.2) is 0 Å². The van der Waals surface area contributed by atoms with E-state index < -0.39 is 22.3 Å². The lowest BCUT2D eigenvalue weighted by molar-refractivity contribution is -0.387. The van der Waals surface area contributed by atoms with E-state index in [1.54, 1.807) is 19.3 Å². The van der Waals surface area contributed by atoms with E-state index >= 15 is 0 Å². The average Bonchev–Trinajstić information content (AvgIpc) is 3.23. The minimum Gasteiger partial charge on any atom is -0.493 e. The SMILES string of the molecule is CCOc1cc2occ(-c3ccc(C)cc3)c2cc1/C(C)=C/C(=O)Nc1ccc(F)c([N+](=O)[O-])c1. The summed E-state index contributed by atoms with van der Waals surface area (Å²) >= 11 is 0. The van der Waals surface area contributed by atoms with Gasteiger partial charge in [-0.1, -0.05) is 29.8 Å². The Kier molecular flexibility index (Phi) is 6.64. The van der Waals surface area contributed by atoms with Gasteiger partial charge in [-0.2, -0.15) is 4.39 Å². The standard InChI is InChI=1S/C27H23FN2O5/c1-4-34-25-14-26-21(22(15-35-26)18-7-5-16(2)6-8-18)13-20(25)17(3)11-27(31)29-19-9-10-23(28)24(12-19)30(32)33/h5-15H,4H2,1-3H3,(H,29,31)/b17-11+. The van der Waals surface area contributed by atoms with Crippen LogP contribution in [0.3, 0.4) is 0 Å². The number of hydrogen-bond donors (Lipinski definition) is 1. The van der Waals surface area contributed by atoms with Gasteiger partial charge in [-0.3, -0.25) is 14.9 Å². The van der Waals surface area contributed by atoms with Crippen molar-refractivity contribution in [1.82, 2.24) is 0 Å². The maximum Gasteiger partial charge on any atom is 0.306 e. The molecule has 7 nitrogen and oxygen atoms in total. The lowest BCUT2D eigenvalue weighted by Crippen LogP contribution is -2.09. The zero-order valence-corrected chi connectivity index (χ0v) is 19.4. The van der Waals surface area contributed by atoms with E-state index in [0.29, 0.717) is 29.1 Å². The van der Waals surface area contributed by atoms with E-state index in [1.165, 1.54) is 12.1 Å². The van der Waals surface area contributed by atoms with E-state index in [1.807, 2.05) is 44.2 Å². The smallest absolute Gasteiger partial charge is 0.306 e. The number of carbonyl (C=O) groups is 1. The average molecular weight is 474 g/mol. The number of fused-ring (bicyclic) bond motifs is 1. The van der Waals surface area contributed by atoms with E-state index in [9.17, 15) is 19.3 Å². The molecule has 1 amide bonds. The van der Waals surface area contributed by atoms with Gasteiger partial charge in [0.15, 0.2) is 0 Å². The largest absolute Gasteiger partial charge is 0.493 e. The maximum atomic E-state index is 13.6. The molecule has 1 aromatic heterocycles. The van der Waals surface area contributed by atoms with Crippen LogP contribution in [0.15, 0.2) is 71.4 Å². The summed E-state index contributed by atoms with van der Waals surface area (Å²) in [6.45, 7) is 6.07. The minimum atomic E-state index is -0.973. The number of nitro benzene ring substituents is 1. The number of nitrogens with zero attached hydrogens (tertiary/aromatic N) is 1. The Morgan fingerprint density at radius 2 is 1.91 bits per heavy atom. The van der Waals surface area contributed by atoms with Crippen molar-refractivity contribution in [1.29, 1.82) is 0 Å². The van der Waals surface area contributed by atoms with Crippen molar-refractivity contribution in [3.05, 3.63) is 94.0 Å². The molecule has 4 aromatic rings. The molecular weight excluding hydrogens is 451 g/mol. The Labute approximate surface area is 201 Å². The zero-order chi connectivity index (χ0) is 25.1. The molecule has 0 aliphatic carbocycles. The first-order valence-corrected chi connectivity index (χ1v) is 11.0. The van der Waals surface area contributed by atoms with Crippen LogP contribution in [-0.2, 0) is 4.79 Å². The summed E-state index contributed by atoms with van der Waals surface area (Å²) < 4.78 is 25.2. The van der Waals surface area contributed by atoms with E-state index in [0.717, 1.165) is 34.2 Å². The molecule has 0 radical (unpaired) electrons. The monoisotopic (exact) mass is 474 g/mol. The lowest BCUT2D eigenvalue weighted by atomic mass is 9.98. The van der Waals surface area contributed by atoms with Crippen molar-refractivity contribution in [2.24, 2.45) is 0 Å². The molecule has 35 heavy (non-hydrogen) atoms. The Bertz CT molecular complexity index is 1450. The molecule has 0 aliphatic heterocycles. The highest BCUT2D eigenvalue weighted by Crippen LogP contribution is 2.37. The third kappa shape index (κ3) is 5.06. The first-order chi connectivity index (χ1) is 16.8. The number of allylic oxidation sites excluding steroid dienone is 1. The number of ether oxygens (including phenoxy) is 1. The summed E-state index contributed by atoms with van der Waals surface area (Å²) in [6.07, 6.45) is 3.06. The topological polar surface area (TPSA) is 94.6 Å². The molecule has 1 N–H and O–H groups in total. The van der Waals surface area contributed by atoms with Crippen LogP contribution < -0.4 is 10.1 Å². The minimum absolute atomic E-state index is 0.115. The third-order valence-corrected chi connectivity index (χ3v) is 5.52. The fourth-order valence-corrected chi connectivity index (χ4v) is 3.78. The number of nitrogens with one attached hydrogen (secondary N) is 1. The summed E-state index contributed by atoms with van der Waals surface area (Å²) in [5.74, 6) is -0.931. The fourth-order valence-electron chi connectivity index (χ4n) is 3.78. The van der Waals surface area contributed by atoms with Gasteiger partial charge in [0.25, 0.3) is 0 Å². The van der Waals surface area contributed by atoms with Crippen molar-refractivity contribution in [2.75, 3.05) is 11.9 Å².